The van der Waals surface area contributed by atoms with Crippen molar-refractivity contribution < 1.29 is 14.3 Å². The summed E-state index contributed by atoms with van der Waals surface area (Å²) in [6.45, 7) is 2.78. The topological polar surface area (TPSA) is 82.6 Å². The predicted octanol–water partition coefficient (Wildman–Crippen LogP) is 2.02. The van der Waals surface area contributed by atoms with Crippen molar-refractivity contribution in [3.8, 4) is 11.5 Å². The first-order valence-corrected chi connectivity index (χ1v) is 8.06. The number of benzene rings is 1. The second-order valence-corrected chi connectivity index (χ2v) is 6.24. The van der Waals surface area contributed by atoms with Gasteiger partial charge in [-0.05, 0) is 37.5 Å². The number of amides is 1. The Labute approximate surface area is 139 Å². The number of likely N-dealkylation sites (tertiary alicyclic amines) is 1. The highest BCUT2D eigenvalue weighted by Crippen LogP contribution is 2.39. The quantitative estimate of drug-likeness (QED) is 0.912. The number of fused-ring (bicyclic) bond motifs is 1. The number of hydrogen-bond acceptors (Lipinski definition) is 5. The van der Waals surface area contributed by atoms with Gasteiger partial charge in [0.2, 0.25) is 6.79 Å². The van der Waals surface area contributed by atoms with Crippen LogP contribution in [0.15, 0.2) is 18.2 Å². The van der Waals surface area contributed by atoms with Gasteiger partial charge in [0.15, 0.2) is 11.5 Å². The van der Waals surface area contributed by atoms with E-state index in [4.69, 9.17) is 15.2 Å². The Balaban J connectivity index is 1.66. The molecule has 7 heteroatoms. The molecule has 1 unspecified atom stereocenters. The highest BCUT2D eigenvalue weighted by molar-refractivity contribution is 6.00. The Bertz CT molecular complexity index is 814. The third-order valence-electron chi connectivity index (χ3n) is 4.78. The summed E-state index contributed by atoms with van der Waals surface area (Å²) in [6, 6.07) is 5.90. The van der Waals surface area contributed by atoms with Crippen LogP contribution in [0.25, 0.3) is 0 Å². The molecule has 1 amide bonds. The molecule has 2 aliphatic heterocycles. The fourth-order valence-electron chi connectivity index (χ4n) is 3.56. The molecule has 0 radical (unpaired) electrons. The lowest BCUT2D eigenvalue weighted by Gasteiger charge is -2.25. The molecule has 1 atom stereocenters. The Morgan fingerprint density at radius 3 is 2.88 bits per heavy atom. The molecule has 2 aliphatic rings. The average Bonchev–Trinajstić information content (AvgIpc) is 3.26. The van der Waals surface area contributed by atoms with Gasteiger partial charge in [-0.25, -0.2) is 0 Å². The number of aryl methyl sites for hydroxylation is 2. The van der Waals surface area contributed by atoms with Gasteiger partial charge in [0.25, 0.3) is 5.91 Å². The third-order valence-corrected chi connectivity index (χ3v) is 4.78. The Morgan fingerprint density at radius 2 is 2.12 bits per heavy atom. The summed E-state index contributed by atoms with van der Waals surface area (Å²) in [5.74, 6) is 1.85. The zero-order valence-electron chi connectivity index (χ0n) is 13.8. The maximum atomic E-state index is 13.1. The summed E-state index contributed by atoms with van der Waals surface area (Å²) in [7, 11) is 1.75. The number of nitrogen functional groups attached to an aromatic ring is 1. The summed E-state index contributed by atoms with van der Waals surface area (Å²) >= 11 is 0. The lowest BCUT2D eigenvalue weighted by Crippen LogP contribution is -2.31. The van der Waals surface area contributed by atoms with Gasteiger partial charge in [0, 0.05) is 13.6 Å². The van der Waals surface area contributed by atoms with E-state index in [9.17, 15) is 4.79 Å². The third kappa shape index (κ3) is 2.19. The molecule has 2 aromatic rings. The van der Waals surface area contributed by atoms with Gasteiger partial charge in [-0.2, -0.15) is 5.10 Å². The lowest BCUT2D eigenvalue weighted by atomic mass is 10.0. The number of hydrogen-bond donors (Lipinski definition) is 1. The van der Waals surface area contributed by atoms with Gasteiger partial charge < -0.3 is 20.1 Å². The minimum atomic E-state index is -0.0572. The Kier molecular flexibility index (Phi) is 3.37. The maximum absolute atomic E-state index is 13.1. The number of carbonyl (C=O) groups excluding carboxylic acids is 1. The molecule has 1 aromatic carbocycles. The number of nitrogens with two attached hydrogens (primary N) is 1. The first-order valence-electron chi connectivity index (χ1n) is 8.06. The Morgan fingerprint density at radius 1 is 1.33 bits per heavy atom. The molecule has 0 bridgehead atoms. The summed E-state index contributed by atoms with van der Waals surface area (Å²) in [4.78, 5) is 14.9. The molecule has 7 nitrogen and oxygen atoms in total. The van der Waals surface area contributed by atoms with Crippen molar-refractivity contribution in [3.05, 3.63) is 35.0 Å². The van der Waals surface area contributed by atoms with E-state index in [0.29, 0.717) is 23.6 Å². The van der Waals surface area contributed by atoms with E-state index < -0.39 is 0 Å². The monoisotopic (exact) mass is 328 g/mol. The molecule has 1 fully saturated rings. The van der Waals surface area contributed by atoms with Crippen LogP contribution < -0.4 is 15.2 Å². The van der Waals surface area contributed by atoms with Crippen molar-refractivity contribution in [1.82, 2.24) is 14.7 Å². The molecular weight excluding hydrogens is 308 g/mol. The van der Waals surface area contributed by atoms with Crippen LogP contribution in [0.1, 0.15) is 40.5 Å². The van der Waals surface area contributed by atoms with Gasteiger partial charge in [-0.15, -0.1) is 0 Å². The lowest BCUT2D eigenvalue weighted by molar-refractivity contribution is 0.0735. The number of anilines is 1. The normalized spacial score (nSPS) is 19.1. The summed E-state index contributed by atoms with van der Waals surface area (Å²) in [5, 5.41) is 4.26. The highest BCUT2D eigenvalue weighted by Gasteiger charge is 2.34. The summed E-state index contributed by atoms with van der Waals surface area (Å²) in [5.41, 5.74) is 8.27. The van der Waals surface area contributed by atoms with Crippen molar-refractivity contribution in [2.45, 2.75) is 25.8 Å². The van der Waals surface area contributed by atoms with E-state index in [1.165, 1.54) is 0 Å². The van der Waals surface area contributed by atoms with Gasteiger partial charge in [0.1, 0.15) is 11.4 Å². The van der Waals surface area contributed by atoms with Crippen LogP contribution in [0, 0.1) is 6.92 Å². The number of nitrogens with zero attached hydrogens (tertiary/aromatic N) is 3. The van der Waals surface area contributed by atoms with Crippen molar-refractivity contribution in [2.24, 2.45) is 7.05 Å². The smallest absolute Gasteiger partial charge is 0.260 e. The van der Waals surface area contributed by atoms with Gasteiger partial charge in [-0.3, -0.25) is 9.48 Å². The molecule has 1 saturated heterocycles. The van der Waals surface area contributed by atoms with Crippen LogP contribution in [0.5, 0.6) is 11.5 Å². The minimum absolute atomic E-state index is 0.0195. The van der Waals surface area contributed by atoms with Crippen LogP contribution in [-0.2, 0) is 7.05 Å². The van der Waals surface area contributed by atoms with E-state index in [1.54, 1.807) is 11.7 Å². The van der Waals surface area contributed by atoms with Crippen LogP contribution in [-0.4, -0.2) is 33.9 Å². The molecular formula is C17H20N4O3. The highest BCUT2D eigenvalue weighted by atomic mass is 16.7. The largest absolute Gasteiger partial charge is 0.454 e. The van der Waals surface area contributed by atoms with Crippen molar-refractivity contribution >= 4 is 11.7 Å². The number of ether oxygens (including phenoxy) is 2. The van der Waals surface area contributed by atoms with E-state index >= 15 is 0 Å². The van der Waals surface area contributed by atoms with Gasteiger partial charge in [-0.1, -0.05) is 6.07 Å². The van der Waals surface area contributed by atoms with Crippen molar-refractivity contribution in [2.75, 3.05) is 19.1 Å². The van der Waals surface area contributed by atoms with Crippen molar-refractivity contribution in [3.63, 3.8) is 0 Å². The van der Waals surface area contributed by atoms with E-state index in [2.05, 4.69) is 5.10 Å². The second-order valence-electron chi connectivity index (χ2n) is 6.24. The molecule has 0 aliphatic carbocycles. The molecule has 0 spiro atoms. The molecule has 24 heavy (non-hydrogen) atoms. The van der Waals surface area contributed by atoms with E-state index in [0.717, 1.165) is 29.9 Å². The number of aromatic nitrogens is 2. The second kappa shape index (κ2) is 5.43. The number of rotatable bonds is 2. The van der Waals surface area contributed by atoms with Crippen LogP contribution >= 0.6 is 0 Å². The molecule has 1 aromatic heterocycles. The zero-order chi connectivity index (χ0) is 16.8. The van der Waals surface area contributed by atoms with Crippen LogP contribution in [0.4, 0.5) is 5.82 Å². The molecule has 2 N–H and O–H groups in total. The number of carbonyl (C=O) groups is 1. The first kappa shape index (κ1) is 14.9. The molecule has 0 saturated carbocycles. The minimum Gasteiger partial charge on any atom is -0.454 e. The molecule has 126 valence electrons. The fourth-order valence-corrected chi connectivity index (χ4v) is 3.56. The first-order chi connectivity index (χ1) is 11.6. The maximum Gasteiger partial charge on any atom is 0.260 e. The SMILES string of the molecule is Cc1nn(C)c(N)c1C(=O)N1CCCC1c1ccc2c(c1)OCO2. The van der Waals surface area contributed by atoms with Gasteiger partial charge >= 0.3 is 0 Å². The zero-order valence-corrected chi connectivity index (χ0v) is 13.8. The predicted molar refractivity (Wildman–Crippen MR) is 87.9 cm³/mol. The van der Waals surface area contributed by atoms with Crippen molar-refractivity contribution in [1.29, 1.82) is 0 Å². The average molecular weight is 328 g/mol. The van der Waals surface area contributed by atoms with Crippen LogP contribution in [0.2, 0.25) is 0 Å². The van der Waals surface area contributed by atoms with Gasteiger partial charge in [0.05, 0.1) is 11.7 Å². The molecule has 3 heterocycles. The Hall–Kier alpha value is -2.70. The fraction of sp³-hybridized carbons (Fsp3) is 0.412. The van der Waals surface area contributed by atoms with E-state index in [-0.39, 0.29) is 18.7 Å². The molecule has 4 rings (SSSR count). The van der Waals surface area contributed by atoms with E-state index in [1.807, 2.05) is 30.0 Å². The summed E-state index contributed by atoms with van der Waals surface area (Å²) < 4.78 is 12.4. The van der Waals surface area contributed by atoms with Crippen LogP contribution in [0.3, 0.4) is 0 Å². The standard InChI is InChI=1S/C17H20N4O3/c1-10-15(16(18)20(2)19-10)17(22)21-7-3-4-12(21)11-5-6-13-14(8-11)24-9-23-13/h5-6,8,12H,3-4,7,9,18H2,1-2H3. The summed E-state index contributed by atoms with van der Waals surface area (Å²) in [6.07, 6.45) is 1.88.